The van der Waals surface area contributed by atoms with Crippen molar-refractivity contribution in [3.63, 3.8) is 0 Å². The topological polar surface area (TPSA) is 92.9 Å². The lowest BCUT2D eigenvalue weighted by atomic mass is 10.0. The summed E-state index contributed by atoms with van der Waals surface area (Å²) in [4.78, 5) is 25.3. The summed E-state index contributed by atoms with van der Waals surface area (Å²) in [5.74, 6) is -0.607. The van der Waals surface area contributed by atoms with Crippen LogP contribution < -0.4 is 5.73 Å². The van der Waals surface area contributed by atoms with Crippen molar-refractivity contribution in [2.45, 2.75) is 24.9 Å². The zero-order chi connectivity index (χ0) is 14.7. The number of esters is 1. The Hall–Kier alpha value is -2.08. The molecule has 20 heavy (non-hydrogen) atoms. The lowest BCUT2D eigenvalue weighted by Gasteiger charge is -2.29. The maximum Gasteiger partial charge on any atom is 0.328 e. The fraction of sp³-hybridized carbons (Fsp3) is 0.429. The molecule has 1 amide bonds. The molecule has 1 aromatic carbocycles. The Labute approximate surface area is 117 Å². The van der Waals surface area contributed by atoms with Crippen LogP contribution in [0.5, 0.6) is 5.75 Å². The first kappa shape index (κ1) is 14.3. The number of hydrogen-bond donors (Lipinski definition) is 2. The van der Waals surface area contributed by atoms with Crippen LogP contribution in [0, 0.1) is 0 Å². The zero-order valence-corrected chi connectivity index (χ0v) is 11.3. The molecule has 3 N–H and O–H groups in total. The van der Waals surface area contributed by atoms with Gasteiger partial charge in [0, 0.05) is 0 Å². The monoisotopic (exact) mass is 278 g/mol. The number of methoxy groups -OCH3 is 1. The van der Waals surface area contributed by atoms with Gasteiger partial charge in [-0.25, -0.2) is 4.79 Å². The van der Waals surface area contributed by atoms with Crippen LogP contribution >= 0.6 is 0 Å². The van der Waals surface area contributed by atoms with E-state index in [9.17, 15) is 14.7 Å². The summed E-state index contributed by atoms with van der Waals surface area (Å²) in [6, 6.07) is 5.82. The van der Waals surface area contributed by atoms with Crippen molar-refractivity contribution in [1.82, 2.24) is 4.90 Å². The minimum absolute atomic E-state index is 0.129. The van der Waals surface area contributed by atoms with Crippen molar-refractivity contribution < 1.29 is 19.4 Å². The van der Waals surface area contributed by atoms with Gasteiger partial charge in [0.05, 0.1) is 19.7 Å². The van der Waals surface area contributed by atoms with Crippen LogP contribution in [0.25, 0.3) is 0 Å². The Morgan fingerprint density at radius 1 is 1.45 bits per heavy atom. The molecule has 108 valence electrons. The van der Waals surface area contributed by atoms with E-state index in [4.69, 9.17) is 10.5 Å². The summed E-state index contributed by atoms with van der Waals surface area (Å²) in [5, 5.41) is 9.56. The molecule has 1 heterocycles. The number of aromatic hydroxyl groups is 1. The molecule has 0 spiro atoms. The molecule has 2 unspecified atom stereocenters. The van der Waals surface area contributed by atoms with E-state index >= 15 is 0 Å². The highest BCUT2D eigenvalue weighted by Gasteiger charge is 2.41. The molecule has 1 aliphatic rings. The molecular formula is C14H18N2O4. The molecule has 1 saturated heterocycles. The number of likely N-dealkylation sites (tertiary alicyclic amines) is 1. The standard InChI is InChI=1S/C14H18N2O4/c1-20-14(19)12-6-5-11(16(12)13(18)8-15)9-3-2-4-10(17)7-9/h2-4,7,11-12,17H,5-6,8,15H2,1H3. The summed E-state index contributed by atoms with van der Waals surface area (Å²) in [5.41, 5.74) is 6.22. The van der Waals surface area contributed by atoms with Crippen molar-refractivity contribution in [3.8, 4) is 5.75 Å². The van der Waals surface area contributed by atoms with Gasteiger partial charge in [0.15, 0.2) is 0 Å². The van der Waals surface area contributed by atoms with Crippen LogP contribution in [0.2, 0.25) is 0 Å². The number of ether oxygens (including phenoxy) is 1. The molecule has 6 nitrogen and oxygen atoms in total. The van der Waals surface area contributed by atoms with Gasteiger partial charge in [0.1, 0.15) is 11.8 Å². The van der Waals surface area contributed by atoms with Crippen LogP contribution in [-0.4, -0.2) is 41.6 Å². The normalized spacial score (nSPS) is 21.8. The predicted octanol–water partition coefficient (Wildman–Crippen LogP) is 0.556. The highest BCUT2D eigenvalue weighted by Crippen LogP contribution is 2.37. The maximum atomic E-state index is 12.0. The third-order valence-corrected chi connectivity index (χ3v) is 3.58. The second-order valence-corrected chi connectivity index (χ2v) is 4.73. The van der Waals surface area contributed by atoms with Gasteiger partial charge in [0.25, 0.3) is 0 Å². The molecule has 1 fully saturated rings. The molecule has 0 aliphatic carbocycles. The molecule has 2 atom stereocenters. The van der Waals surface area contributed by atoms with Crippen molar-refractivity contribution >= 4 is 11.9 Å². The minimum atomic E-state index is -0.608. The van der Waals surface area contributed by atoms with E-state index < -0.39 is 12.0 Å². The van der Waals surface area contributed by atoms with Gasteiger partial charge in [-0.05, 0) is 30.5 Å². The molecular weight excluding hydrogens is 260 g/mol. The lowest BCUT2D eigenvalue weighted by molar-refractivity contribution is -0.151. The van der Waals surface area contributed by atoms with Gasteiger partial charge >= 0.3 is 5.97 Å². The Morgan fingerprint density at radius 3 is 2.80 bits per heavy atom. The fourth-order valence-electron chi connectivity index (χ4n) is 2.69. The smallest absolute Gasteiger partial charge is 0.328 e. The second kappa shape index (κ2) is 5.92. The van der Waals surface area contributed by atoms with Crippen molar-refractivity contribution in [3.05, 3.63) is 29.8 Å². The third-order valence-electron chi connectivity index (χ3n) is 3.58. The van der Waals surface area contributed by atoms with E-state index in [0.29, 0.717) is 12.8 Å². The SMILES string of the molecule is COC(=O)C1CCC(c2cccc(O)c2)N1C(=O)CN. The van der Waals surface area contributed by atoms with Crippen LogP contribution in [0.15, 0.2) is 24.3 Å². The first-order valence-electron chi connectivity index (χ1n) is 6.46. The van der Waals surface area contributed by atoms with Crippen LogP contribution in [0.3, 0.4) is 0 Å². The molecule has 2 rings (SSSR count). The summed E-state index contributed by atoms with van der Waals surface area (Å²) >= 11 is 0. The Bertz CT molecular complexity index is 518. The van der Waals surface area contributed by atoms with E-state index in [1.54, 1.807) is 18.2 Å². The molecule has 0 bridgehead atoms. The number of phenols is 1. The number of amides is 1. The number of carbonyl (C=O) groups is 2. The molecule has 0 radical (unpaired) electrons. The van der Waals surface area contributed by atoms with Gasteiger partial charge < -0.3 is 20.5 Å². The number of carbonyl (C=O) groups excluding carboxylic acids is 2. The van der Waals surface area contributed by atoms with Crippen molar-refractivity contribution in [1.29, 1.82) is 0 Å². The Balaban J connectivity index is 2.33. The number of phenolic OH excluding ortho intramolecular Hbond substituents is 1. The second-order valence-electron chi connectivity index (χ2n) is 4.73. The number of rotatable bonds is 3. The molecule has 0 aromatic heterocycles. The Kier molecular flexibility index (Phi) is 4.24. The molecule has 0 saturated carbocycles. The molecule has 1 aliphatic heterocycles. The fourth-order valence-corrected chi connectivity index (χ4v) is 2.69. The van der Waals surface area contributed by atoms with Gasteiger partial charge in [0.2, 0.25) is 5.91 Å². The van der Waals surface area contributed by atoms with E-state index in [2.05, 4.69) is 0 Å². The number of nitrogens with zero attached hydrogens (tertiary/aromatic N) is 1. The first-order chi connectivity index (χ1) is 9.58. The number of benzene rings is 1. The minimum Gasteiger partial charge on any atom is -0.508 e. The summed E-state index contributed by atoms with van der Waals surface area (Å²) < 4.78 is 4.74. The van der Waals surface area contributed by atoms with Crippen LogP contribution in [0.1, 0.15) is 24.4 Å². The zero-order valence-electron chi connectivity index (χ0n) is 11.3. The van der Waals surface area contributed by atoms with Crippen LogP contribution in [0.4, 0.5) is 0 Å². The van der Waals surface area contributed by atoms with E-state index in [0.717, 1.165) is 5.56 Å². The van der Waals surface area contributed by atoms with Crippen molar-refractivity contribution in [2.75, 3.05) is 13.7 Å². The summed E-state index contributed by atoms with van der Waals surface area (Å²) in [7, 11) is 1.30. The average molecular weight is 278 g/mol. The quantitative estimate of drug-likeness (QED) is 0.788. The van der Waals surface area contributed by atoms with Gasteiger partial charge in [-0.1, -0.05) is 12.1 Å². The van der Waals surface area contributed by atoms with Gasteiger partial charge in [-0.15, -0.1) is 0 Å². The number of hydrogen-bond acceptors (Lipinski definition) is 5. The highest BCUT2D eigenvalue weighted by molar-refractivity contribution is 5.86. The van der Waals surface area contributed by atoms with Gasteiger partial charge in [-0.3, -0.25) is 4.79 Å². The average Bonchev–Trinajstić information content (AvgIpc) is 2.90. The Morgan fingerprint density at radius 2 is 2.20 bits per heavy atom. The summed E-state index contributed by atoms with van der Waals surface area (Å²) in [6.07, 6.45) is 1.16. The number of nitrogens with two attached hydrogens (primary N) is 1. The van der Waals surface area contributed by atoms with Crippen LogP contribution in [-0.2, 0) is 14.3 Å². The van der Waals surface area contributed by atoms with E-state index in [-0.39, 0.29) is 24.2 Å². The maximum absolute atomic E-state index is 12.0. The van der Waals surface area contributed by atoms with Crippen molar-refractivity contribution in [2.24, 2.45) is 5.73 Å². The van der Waals surface area contributed by atoms with Gasteiger partial charge in [-0.2, -0.15) is 0 Å². The largest absolute Gasteiger partial charge is 0.508 e. The van der Waals surface area contributed by atoms with E-state index in [1.807, 2.05) is 6.07 Å². The highest BCUT2D eigenvalue weighted by atomic mass is 16.5. The molecule has 6 heteroatoms. The predicted molar refractivity (Wildman–Crippen MR) is 71.8 cm³/mol. The first-order valence-corrected chi connectivity index (χ1v) is 6.46. The lowest BCUT2D eigenvalue weighted by Crippen LogP contribution is -2.45. The third kappa shape index (κ3) is 2.60. The molecule has 1 aromatic rings. The van der Waals surface area contributed by atoms with E-state index in [1.165, 1.54) is 12.0 Å². The summed E-state index contributed by atoms with van der Waals surface area (Å²) in [6.45, 7) is -0.164.